The standard InChI is InChI=1S/C6H13.H2O/c1-4-6(3)5-2;/h6H,1,4-5H2,2-3H3;1H2. The van der Waals surface area contributed by atoms with Gasteiger partial charge in [0.15, 0.2) is 0 Å². The maximum Gasteiger partial charge on any atom is -0.0445 e. The van der Waals surface area contributed by atoms with Gasteiger partial charge in [-0.3, -0.25) is 0 Å². The molecule has 1 heteroatoms. The van der Waals surface area contributed by atoms with Crippen molar-refractivity contribution in [2.75, 3.05) is 0 Å². The van der Waals surface area contributed by atoms with Gasteiger partial charge in [-0.1, -0.05) is 33.6 Å². The number of rotatable bonds is 2. The highest BCUT2D eigenvalue weighted by Gasteiger charge is 1.88. The molecule has 45 valence electrons. The number of hydrogen-bond acceptors (Lipinski definition) is 0. The predicted molar refractivity (Wildman–Crippen MR) is 33.0 cm³/mol. The van der Waals surface area contributed by atoms with Crippen LogP contribution in [0.5, 0.6) is 0 Å². The highest BCUT2D eigenvalue weighted by atomic mass is 16.0. The predicted octanol–water partition coefficient (Wildman–Crippen LogP) is 1.43. The van der Waals surface area contributed by atoms with Gasteiger partial charge in [0, 0.05) is 0 Å². The van der Waals surface area contributed by atoms with Gasteiger partial charge < -0.3 is 5.48 Å². The lowest BCUT2D eigenvalue weighted by atomic mass is 10.1. The van der Waals surface area contributed by atoms with Crippen LogP contribution in [-0.2, 0) is 0 Å². The third-order valence-electron chi connectivity index (χ3n) is 1.19. The van der Waals surface area contributed by atoms with E-state index in [1.165, 1.54) is 6.42 Å². The van der Waals surface area contributed by atoms with E-state index in [2.05, 4.69) is 20.8 Å². The molecule has 0 heterocycles. The Morgan fingerprint density at radius 2 is 2.00 bits per heavy atom. The topological polar surface area (TPSA) is 31.5 Å². The van der Waals surface area contributed by atoms with Crippen molar-refractivity contribution in [1.29, 1.82) is 0 Å². The average Bonchev–Trinajstić information content (AvgIpc) is 1.65. The van der Waals surface area contributed by atoms with Gasteiger partial charge in [-0.25, -0.2) is 0 Å². The summed E-state index contributed by atoms with van der Waals surface area (Å²) in [5, 5.41) is 0. The Morgan fingerprint density at radius 3 is 2.00 bits per heavy atom. The molecule has 1 nitrogen and oxygen atoms in total. The van der Waals surface area contributed by atoms with Crippen LogP contribution in [0.15, 0.2) is 0 Å². The molecular weight excluding hydrogens is 88.1 g/mol. The fourth-order valence-corrected chi connectivity index (χ4v) is 0.204. The molecule has 0 bridgehead atoms. The highest BCUT2D eigenvalue weighted by Crippen LogP contribution is 2.02. The molecule has 1 atom stereocenters. The van der Waals surface area contributed by atoms with Crippen LogP contribution < -0.4 is 0 Å². The van der Waals surface area contributed by atoms with Gasteiger partial charge in [0.05, 0.1) is 0 Å². The minimum absolute atomic E-state index is 0. The summed E-state index contributed by atoms with van der Waals surface area (Å²) in [6.07, 6.45) is 2.35. The van der Waals surface area contributed by atoms with Crippen molar-refractivity contribution in [3.05, 3.63) is 6.92 Å². The summed E-state index contributed by atoms with van der Waals surface area (Å²) in [5.74, 6) is 0.824. The molecule has 0 fully saturated rings. The van der Waals surface area contributed by atoms with Crippen LogP contribution in [0.25, 0.3) is 0 Å². The smallest absolute Gasteiger partial charge is 0.0445 e. The molecular formula is C6H15O. The molecule has 1 unspecified atom stereocenters. The summed E-state index contributed by atoms with van der Waals surface area (Å²) in [6.45, 7) is 8.16. The van der Waals surface area contributed by atoms with E-state index in [1.54, 1.807) is 0 Å². The van der Waals surface area contributed by atoms with Gasteiger partial charge in [-0.2, -0.15) is 0 Å². The maximum absolute atomic E-state index is 3.76. The van der Waals surface area contributed by atoms with Gasteiger partial charge in [0.1, 0.15) is 0 Å². The third-order valence-corrected chi connectivity index (χ3v) is 1.19. The molecule has 1 radical (unpaired) electrons. The maximum atomic E-state index is 3.76. The lowest BCUT2D eigenvalue weighted by molar-refractivity contribution is 0.570. The van der Waals surface area contributed by atoms with Crippen molar-refractivity contribution in [3.63, 3.8) is 0 Å². The fraction of sp³-hybridized carbons (Fsp3) is 0.833. The molecule has 0 saturated heterocycles. The molecule has 0 aromatic rings. The zero-order chi connectivity index (χ0) is 4.99. The third kappa shape index (κ3) is 5.96. The monoisotopic (exact) mass is 103 g/mol. The second kappa shape index (κ2) is 5.96. The van der Waals surface area contributed by atoms with Gasteiger partial charge in [0.25, 0.3) is 0 Å². The summed E-state index contributed by atoms with van der Waals surface area (Å²) < 4.78 is 0. The highest BCUT2D eigenvalue weighted by molar-refractivity contribution is 4.48. The van der Waals surface area contributed by atoms with Crippen LogP contribution in [0.4, 0.5) is 0 Å². The van der Waals surface area contributed by atoms with E-state index < -0.39 is 0 Å². The summed E-state index contributed by atoms with van der Waals surface area (Å²) >= 11 is 0. The molecule has 2 N–H and O–H groups in total. The minimum Gasteiger partial charge on any atom is -0.412 e. The Balaban J connectivity index is 0. The zero-order valence-electron chi connectivity index (χ0n) is 5.20. The van der Waals surface area contributed by atoms with E-state index in [1.807, 2.05) is 0 Å². The first-order valence-corrected chi connectivity index (χ1v) is 2.60. The quantitative estimate of drug-likeness (QED) is 0.506. The van der Waals surface area contributed by atoms with Crippen LogP contribution >= 0.6 is 0 Å². The molecule has 0 aliphatic carbocycles. The van der Waals surface area contributed by atoms with Crippen LogP contribution in [-0.4, -0.2) is 5.48 Å². The SMILES string of the molecule is O.[CH2]CC(C)CC. The van der Waals surface area contributed by atoms with Crippen molar-refractivity contribution < 1.29 is 5.48 Å². The first kappa shape index (κ1) is 10.0. The summed E-state index contributed by atoms with van der Waals surface area (Å²) in [4.78, 5) is 0. The van der Waals surface area contributed by atoms with E-state index in [9.17, 15) is 0 Å². The van der Waals surface area contributed by atoms with Crippen LogP contribution in [0, 0.1) is 12.8 Å². The molecule has 0 saturated carbocycles. The van der Waals surface area contributed by atoms with E-state index in [4.69, 9.17) is 0 Å². The van der Waals surface area contributed by atoms with Crippen molar-refractivity contribution in [2.45, 2.75) is 26.7 Å². The normalized spacial score (nSPS) is 8.57. The Bertz CT molecular complexity index is 23.4. The van der Waals surface area contributed by atoms with Crippen LogP contribution in [0.1, 0.15) is 26.7 Å². The Hall–Kier alpha value is -0.0400. The second-order valence-electron chi connectivity index (χ2n) is 1.80. The largest absolute Gasteiger partial charge is 0.412 e. The van der Waals surface area contributed by atoms with E-state index in [-0.39, 0.29) is 5.48 Å². The van der Waals surface area contributed by atoms with Gasteiger partial charge in [-0.15, -0.1) is 0 Å². The summed E-state index contributed by atoms with van der Waals surface area (Å²) in [7, 11) is 0. The van der Waals surface area contributed by atoms with Crippen LogP contribution in [0.2, 0.25) is 0 Å². The van der Waals surface area contributed by atoms with Crippen molar-refractivity contribution >= 4 is 0 Å². The number of hydrogen-bond donors (Lipinski definition) is 0. The molecule has 0 rings (SSSR count). The van der Waals surface area contributed by atoms with Gasteiger partial charge in [0.2, 0.25) is 0 Å². The van der Waals surface area contributed by atoms with Gasteiger partial charge >= 0.3 is 0 Å². The zero-order valence-corrected chi connectivity index (χ0v) is 5.20. The first-order valence-electron chi connectivity index (χ1n) is 2.60. The minimum atomic E-state index is 0. The molecule has 0 aliphatic rings. The van der Waals surface area contributed by atoms with E-state index in [0.717, 1.165) is 12.3 Å². The Morgan fingerprint density at radius 1 is 1.57 bits per heavy atom. The molecule has 0 amide bonds. The lowest BCUT2D eigenvalue weighted by Crippen LogP contribution is -1.85. The Labute approximate surface area is 46.0 Å². The molecule has 0 aromatic heterocycles. The molecule has 0 spiro atoms. The van der Waals surface area contributed by atoms with Crippen molar-refractivity contribution in [2.24, 2.45) is 5.92 Å². The van der Waals surface area contributed by atoms with E-state index in [0.29, 0.717) is 0 Å². The molecule has 0 aliphatic heterocycles. The summed E-state index contributed by atoms with van der Waals surface area (Å²) in [5.41, 5.74) is 0. The first-order chi connectivity index (χ1) is 2.81. The average molecular weight is 103 g/mol. The van der Waals surface area contributed by atoms with Gasteiger partial charge in [-0.05, 0) is 5.92 Å². The van der Waals surface area contributed by atoms with Crippen molar-refractivity contribution in [3.8, 4) is 0 Å². The molecule has 0 aromatic carbocycles. The lowest BCUT2D eigenvalue weighted by Gasteiger charge is -1.98. The van der Waals surface area contributed by atoms with E-state index >= 15 is 0 Å². The summed E-state index contributed by atoms with van der Waals surface area (Å²) in [6, 6.07) is 0. The van der Waals surface area contributed by atoms with Crippen molar-refractivity contribution in [1.82, 2.24) is 0 Å². The molecule has 7 heavy (non-hydrogen) atoms. The second-order valence-corrected chi connectivity index (χ2v) is 1.80. The fourth-order valence-electron chi connectivity index (χ4n) is 0.204. The van der Waals surface area contributed by atoms with Crippen LogP contribution in [0.3, 0.4) is 0 Å². The Kier molecular flexibility index (Phi) is 8.56.